The number of aryl methyl sites for hydroxylation is 1. The maximum Gasteiger partial charge on any atom is 0.149 e. The first-order valence-corrected chi connectivity index (χ1v) is 29.3. The van der Waals surface area contributed by atoms with Crippen molar-refractivity contribution in [3.05, 3.63) is 234 Å². The van der Waals surface area contributed by atoms with Gasteiger partial charge in [-0.2, -0.15) is 0 Å². The summed E-state index contributed by atoms with van der Waals surface area (Å²) < 4.78 is 19.4. The lowest BCUT2D eigenvalue weighted by atomic mass is 9.88. The average molecular weight is 1080 g/mol. The summed E-state index contributed by atoms with van der Waals surface area (Å²) in [6, 6.07) is 73.6. The molecule has 14 rings (SSSR count). The first-order valence-electron chi connectivity index (χ1n) is 29.3. The van der Waals surface area contributed by atoms with Crippen LogP contribution in [0.5, 0.6) is 11.5 Å². The van der Waals surface area contributed by atoms with E-state index in [1.54, 1.807) is 0 Å². The molecule has 406 valence electrons. The number of para-hydroxylation sites is 4. The van der Waals surface area contributed by atoms with Crippen molar-refractivity contribution < 1.29 is 9.15 Å². The number of rotatable bonds is 12. The van der Waals surface area contributed by atoms with Gasteiger partial charge in [-0.15, -0.1) is 0 Å². The summed E-state index contributed by atoms with van der Waals surface area (Å²) in [5.74, 6) is 3.78. The summed E-state index contributed by atoms with van der Waals surface area (Å²) >= 11 is 0. The minimum atomic E-state index is 0.183. The van der Waals surface area contributed by atoms with Crippen molar-refractivity contribution in [3.8, 4) is 67.9 Å². The molecule has 0 aliphatic heterocycles. The molecule has 0 unspecified atom stereocenters. The van der Waals surface area contributed by atoms with Gasteiger partial charge in [-0.3, -0.25) is 14.1 Å². The Morgan fingerprint density at radius 3 is 1.43 bits per heavy atom. The van der Waals surface area contributed by atoms with Crippen molar-refractivity contribution in [2.24, 2.45) is 0 Å². The molecule has 83 heavy (non-hydrogen) atoms. The Morgan fingerprint density at radius 2 is 0.855 bits per heavy atom. The van der Waals surface area contributed by atoms with Crippen molar-refractivity contribution >= 4 is 65.7 Å². The second-order valence-electron chi connectivity index (χ2n) is 23.6. The lowest BCUT2D eigenvalue weighted by Crippen LogP contribution is -2.09. The molecule has 0 aliphatic rings. The number of fused-ring (bicyclic) bond motifs is 9. The zero-order valence-corrected chi connectivity index (χ0v) is 48.5. The van der Waals surface area contributed by atoms with Gasteiger partial charge in [0.05, 0.1) is 44.5 Å². The number of imidazole rings is 2. The van der Waals surface area contributed by atoms with Gasteiger partial charge in [-0.1, -0.05) is 171 Å². The van der Waals surface area contributed by atoms with Crippen LogP contribution in [0.3, 0.4) is 0 Å². The second kappa shape index (κ2) is 20.4. The molecule has 14 aromatic rings. The quantitative estimate of drug-likeness (QED) is 0.114. The SMILES string of the molecule is Cc1ccc2ccc3c(ccc4c5cc(Oc6cccc(-c7nc8ccccc8n7-c7c(C(C)C)cc(-c8ccccc8)cc7C(C)C)c6)cc(-c6nc7ccccc7n6-c6c(C(C)C)cc(-c7ccccc7)cc6C(C)C)c5oc43)c2n1. The van der Waals surface area contributed by atoms with Crippen molar-refractivity contribution in [1.82, 2.24) is 24.1 Å². The fourth-order valence-electron chi connectivity index (χ4n) is 12.6. The van der Waals surface area contributed by atoms with E-state index in [-0.39, 0.29) is 23.7 Å². The summed E-state index contributed by atoms with van der Waals surface area (Å²) in [5.41, 5.74) is 21.2. The predicted molar refractivity (Wildman–Crippen MR) is 345 cm³/mol. The van der Waals surface area contributed by atoms with Crippen LogP contribution in [0.25, 0.3) is 122 Å². The molecule has 7 nitrogen and oxygen atoms in total. The van der Waals surface area contributed by atoms with E-state index in [0.717, 1.165) is 99.8 Å². The smallest absolute Gasteiger partial charge is 0.149 e. The summed E-state index contributed by atoms with van der Waals surface area (Å²) in [6.45, 7) is 20.4. The number of aromatic nitrogens is 5. The summed E-state index contributed by atoms with van der Waals surface area (Å²) in [7, 11) is 0. The maximum absolute atomic E-state index is 7.35. The molecule has 0 aliphatic carbocycles. The highest BCUT2D eigenvalue weighted by atomic mass is 16.5. The second-order valence-corrected chi connectivity index (χ2v) is 23.6. The molecular weight excluding hydrogens is 1010 g/mol. The van der Waals surface area contributed by atoms with Gasteiger partial charge >= 0.3 is 0 Å². The largest absolute Gasteiger partial charge is 0.457 e. The Labute approximate surface area is 484 Å². The van der Waals surface area contributed by atoms with Crippen LogP contribution >= 0.6 is 0 Å². The zero-order chi connectivity index (χ0) is 56.8. The van der Waals surface area contributed by atoms with E-state index in [1.165, 1.54) is 50.2 Å². The van der Waals surface area contributed by atoms with Crippen LogP contribution in [0.1, 0.15) is 107 Å². The molecule has 0 fully saturated rings. The van der Waals surface area contributed by atoms with E-state index in [0.29, 0.717) is 11.5 Å². The molecule has 0 radical (unpaired) electrons. The van der Waals surface area contributed by atoms with Crippen LogP contribution in [0.2, 0.25) is 0 Å². The molecule has 7 heteroatoms. The fraction of sp³-hybridized carbons (Fsp3) is 0.171. The number of hydrogen-bond acceptors (Lipinski definition) is 5. The average Bonchev–Trinajstić information content (AvgIpc) is 3.41. The van der Waals surface area contributed by atoms with E-state index < -0.39 is 0 Å². The van der Waals surface area contributed by atoms with E-state index in [2.05, 4.69) is 265 Å². The molecule has 0 amide bonds. The topological polar surface area (TPSA) is 70.9 Å². The van der Waals surface area contributed by atoms with Gasteiger partial charge in [0.25, 0.3) is 0 Å². The third-order valence-corrected chi connectivity index (χ3v) is 16.7. The highest BCUT2D eigenvalue weighted by Gasteiger charge is 2.29. The Morgan fingerprint density at radius 1 is 0.373 bits per heavy atom. The monoisotopic (exact) mass is 1080 g/mol. The van der Waals surface area contributed by atoms with Crippen molar-refractivity contribution in [2.75, 3.05) is 0 Å². The normalized spacial score (nSPS) is 12.1. The molecule has 0 saturated heterocycles. The third kappa shape index (κ3) is 8.85. The third-order valence-electron chi connectivity index (χ3n) is 16.7. The Bertz CT molecular complexity index is 4790. The number of ether oxygens (including phenoxy) is 1. The van der Waals surface area contributed by atoms with Crippen molar-refractivity contribution in [2.45, 2.75) is 86.0 Å². The summed E-state index contributed by atoms with van der Waals surface area (Å²) in [5, 5.41) is 5.04. The molecule has 4 heterocycles. The van der Waals surface area contributed by atoms with Gasteiger partial charge in [0.1, 0.15) is 34.3 Å². The maximum atomic E-state index is 7.35. The standard InChI is InChI=1S/C76H65N5O2/c1-44(2)60-38-53(49-21-12-10-13-22-49)39-61(45(3)4)71(60)80-68-29-18-16-27-66(68)78-75(80)52-25-20-26-55(37-52)82-56-42-64-59-36-35-57-58(34-33-51-32-31-48(9)77-70(51)57)73(59)83-74(64)65(43-56)76-79-67-28-17-19-30-69(67)81(76)72-62(46(5)6)40-54(41-63(72)47(7)8)50-23-14-11-15-24-50/h10-47H,1-9H3. The molecule has 0 N–H and O–H groups in total. The molecule has 10 aromatic carbocycles. The van der Waals surface area contributed by atoms with Gasteiger partial charge in [-0.25, -0.2) is 9.97 Å². The van der Waals surface area contributed by atoms with Crippen LogP contribution in [0.15, 0.2) is 211 Å². The Kier molecular flexibility index (Phi) is 12.7. The highest BCUT2D eigenvalue weighted by Crippen LogP contribution is 2.47. The van der Waals surface area contributed by atoms with Gasteiger partial charge < -0.3 is 9.15 Å². The molecule has 0 saturated carbocycles. The zero-order valence-electron chi connectivity index (χ0n) is 48.5. The number of pyridine rings is 1. The summed E-state index contributed by atoms with van der Waals surface area (Å²) in [4.78, 5) is 16.1. The van der Waals surface area contributed by atoms with E-state index in [1.807, 2.05) is 13.0 Å². The van der Waals surface area contributed by atoms with Crippen LogP contribution in [0, 0.1) is 6.92 Å². The minimum absolute atomic E-state index is 0.183. The highest BCUT2D eigenvalue weighted by molar-refractivity contribution is 6.21. The van der Waals surface area contributed by atoms with Crippen LogP contribution in [-0.4, -0.2) is 24.1 Å². The minimum Gasteiger partial charge on any atom is -0.457 e. The lowest BCUT2D eigenvalue weighted by molar-refractivity contribution is 0.483. The predicted octanol–water partition coefficient (Wildman–Crippen LogP) is 21.2. The van der Waals surface area contributed by atoms with Crippen LogP contribution < -0.4 is 4.74 Å². The van der Waals surface area contributed by atoms with E-state index in [4.69, 9.17) is 24.1 Å². The molecular formula is C76H65N5O2. The van der Waals surface area contributed by atoms with Gasteiger partial charge in [0, 0.05) is 38.2 Å². The number of furan rings is 1. The van der Waals surface area contributed by atoms with E-state index >= 15 is 0 Å². The van der Waals surface area contributed by atoms with Crippen molar-refractivity contribution in [1.29, 1.82) is 0 Å². The van der Waals surface area contributed by atoms with Gasteiger partial charge in [0.15, 0.2) is 0 Å². The lowest BCUT2D eigenvalue weighted by Gasteiger charge is -2.24. The number of nitrogens with zero attached hydrogens (tertiary/aromatic N) is 5. The van der Waals surface area contributed by atoms with E-state index in [9.17, 15) is 0 Å². The Hall–Kier alpha value is -9.59. The number of benzene rings is 10. The van der Waals surface area contributed by atoms with Gasteiger partial charge in [0.2, 0.25) is 0 Å². The molecule has 0 atom stereocenters. The number of hydrogen-bond donors (Lipinski definition) is 0. The van der Waals surface area contributed by atoms with Crippen molar-refractivity contribution in [3.63, 3.8) is 0 Å². The molecule has 0 spiro atoms. The Balaban J connectivity index is 0.993. The first kappa shape index (κ1) is 51.5. The van der Waals surface area contributed by atoms with Crippen LogP contribution in [0.4, 0.5) is 0 Å². The molecule has 4 aromatic heterocycles. The summed E-state index contributed by atoms with van der Waals surface area (Å²) in [6.07, 6.45) is 0. The fourth-order valence-corrected chi connectivity index (χ4v) is 12.6. The molecule has 0 bridgehead atoms. The van der Waals surface area contributed by atoms with Gasteiger partial charge in [-0.05, 0) is 166 Å². The first-order chi connectivity index (χ1) is 40.4. The van der Waals surface area contributed by atoms with Crippen LogP contribution in [-0.2, 0) is 0 Å².